The van der Waals surface area contributed by atoms with E-state index in [0.29, 0.717) is 0 Å². The van der Waals surface area contributed by atoms with Crippen molar-refractivity contribution in [3.8, 4) is 39.3 Å². The molecule has 0 aliphatic carbocycles. The van der Waals surface area contributed by atoms with Crippen LogP contribution < -0.4 is 18.5 Å². The molecule has 0 aliphatic heterocycles. The zero-order chi connectivity index (χ0) is 27.3. The van der Waals surface area contributed by atoms with Crippen LogP contribution in [0.25, 0.3) is 39.3 Å². The SMILES string of the molecule is Cc1ccc(-c2cc(-c3ccc(C)cc3)[n+](-c3ccccc3)c(-c3cccc(C)c3)c2)cc1.[O-][Cl+3]([O-])([O-])O. The summed E-state index contributed by atoms with van der Waals surface area (Å²) in [6, 6.07) is 41.7. The molecule has 0 amide bonds. The van der Waals surface area contributed by atoms with E-state index >= 15 is 0 Å². The van der Waals surface area contributed by atoms with Crippen molar-refractivity contribution in [2.24, 2.45) is 0 Å². The monoisotopic (exact) mass is 526 g/mol. The first kappa shape index (κ1) is 27.2. The summed E-state index contributed by atoms with van der Waals surface area (Å²) in [6.07, 6.45) is 0. The number of halogens is 1. The van der Waals surface area contributed by atoms with Crippen molar-refractivity contribution in [3.05, 3.63) is 132 Å². The Labute approximate surface area is 225 Å². The standard InChI is InChI=1S/C32H28N.ClHO4/c1-23-12-16-26(17-13-23)29-21-31(27-18-14-24(2)15-19-27)33(30-10-5-4-6-11-30)32(22-29)28-9-7-8-25(3)20-28;2-1(3,4)5/h4-22H,1-3H3;(H,2,3,4,5)/q+1;. The van der Waals surface area contributed by atoms with Crippen LogP contribution in [0.3, 0.4) is 0 Å². The van der Waals surface area contributed by atoms with Gasteiger partial charge in [0.15, 0.2) is 0 Å². The number of benzene rings is 4. The molecule has 38 heavy (non-hydrogen) atoms. The van der Waals surface area contributed by atoms with Gasteiger partial charge in [0.1, 0.15) is 0 Å². The summed E-state index contributed by atoms with van der Waals surface area (Å²) in [6.45, 7) is 6.42. The van der Waals surface area contributed by atoms with E-state index < -0.39 is 10.2 Å². The van der Waals surface area contributed by atoms with Crippen LogP contribution in [0.5, 0.6) is 0 Å². The Balaban J connectivity index is 0.000000617. The smallest absolute Gasteiger partial charge is 0.183 e. The lowest BCUT2D eigenvalue weighted by molar-refractivity contribution is -1.92. The molecule has 0 unspecified atom stereocenters. The quantitative estimate of drug-likeness (QED) is 0.361. The fourth-order valence-electron chi connectivity index (χ4n) is 4.32. The van der Waals surface area contributed by atoms with Gasteiger partial charge in [-0.25, -0.2) is 0 Å². The Morgan fingerprint density at radius 1 is 0.500 bits per heavy atom. The molecular weight excluding hydrogens is 498 g/mol. The van der Waals surface area contributed by atoms with E-state index in [2.05, 4.69) is 141 Å². The predicted octanol–water partition coefficient (Wildman–Crippen LogP) is 3.77. The van der Waals surface area contributed by atoms with E-state index in [1.807, 2.05) is 0 Å². The molecule has 0 fully saturated rings. The summed E-state index contributed by atoms with van der Waals surface area (Å²) < 4.78 is 35.1. The largest absolute Gasteiger partial charge is 0.219 e. The highest BCUT2D eigenvalue weighted by Crippen LogP contribution is 2.31. The first-order valence-electron chi connectivity index (χ1n) is 12.1. The number of aryl methyl sites for hydroxylation is 3. The van der Waals surface area contributed by atoms with E-state index in [-0.39, 0.29) is 0 Å². The number of aromatic nitrogens is 1. The molecule has 0 aliphatic rings. The second kappa shape index (κ2) is 11.7. The Morgan fingerprint density at radius 3 is 1.53 bits per heavy atom. The molecule has 0 saturated carbocycles. The molecule has 0 radical (unpaired) electrons. The number of nitrogens with zero attached hydrogens (tertiary/aromatic N) is 1. The molecule has 1 aromatic heterocycles. The van der Waals surface area contributed by atoms with Crippen LogP contribution in [0.4, 0.5) is 0 Å². The van der Waals surface area contributed by atoms with Crippen molar-refractivity contribution in [1.29, 1.82) is 0 Å². The molecule has 192 valence electrons. The highest BCUT2D eigenvalue weighted by atomic mass is 35.7. The number of para-hydroxylation sites is 1. The lowest BCUT2D eigenvalue weighted by Gasteiger charge is -2.13. The van der Waals surface area contributed by atoms with Gasteiger partial charge in [-0.1, -0.05) is 83.4 Å². The zero-order valence-corrected chi connectivity index (χ0v) is 22.2. The van der Waals surface area contributed by atoms with Crippen molar-refractivity contribution in [3.63, 3.8) is 0 Å². The lowest BCUT2D eigenvalue weighted by atomic mass is 9.97. The van der Waals surface area contributed by atoms with Gasteiger partial charge in [-0.15, -0.1) is 0 Å². The molecule has 0 saturated heterocycles. The summed E-state index contributed by atoms with van der Waals surface area (Å²) in [5, 5.41) is 0. The molecule has 5 rings (SSSR count). The normalized spacial score (nSPS) is 11.0. The van der Waals surface area contributed by atoms with E-state index in [4.69, 9.17) is 18.6 Å². The molecule has 1 N–H and O–H groups in total. The molecule has 0 spiro atoms. The predicted molar refractivity (Wildman–Crippen MR) is 141 cm³/mol. The van der Waals surface area contributed by atoms with Crippen molar-refractivity contribution in [1.82, 2.24) is 0 Å². The van der Waals surface area contributed by atoms with Crippen LogP contribution in [0.15, 0.2) is 115 Å². The van der Waals surface area contributed by atoms with Gasteiger partial charge in [0, 0.05) is 35.4 Å². The summed E-state index contributed by atoms with van der Waals surface area (Å²) >= 11 is 0. The van der Waals surface area contributed by atoms with Gasteiger partial charge >= 0.3 is 0 Å². The highest BCUT2D eigenvalue weighted by molar-refractivity contribution is 5.74. The summed E-state index contributed by atoms with van der Waals surface area (Å²) in [7, 11) is -4.69. The Hall–Kier alpha value is -3.84. The van der Waals surface area contributed by atoms with Crippen LogP contribution in [-0.4, -0.2) is 4.66 Å². The van der Waals surface area contributed by atoms with Crippen molar-refractivity contribution < 1.29 is 33.4 Å². The number of pyridine rings is 1. The highest BCUT2D eigenvalue weighted by Gasteiger charge is 2.24. The van der Waals surface area contributed by atoms with E-state index in [9.17, 15) is 0 Å². The van der Waals surface area contributed by atoms with Gasteiger partial charge < -0.3 is 0 Å². The summed E-state index contributed by atoms with van der Waals surface area (Å²) in [5.41, 5.74) is 12.1. The van der Waals surface area contributed by atoms with Crippen LogP contribution >= 0.6 is 0 Å². The molecule has 4 aromatic carbocycles. The molecular formula is C32H29ClNO4+. The minimum Gasteiger partial charge on any atom is -0.183 e. The van der Waals surface area contributed by atoms with Crippen molar-refractivity contribution in [2.75, 3.05) is 0 Å². The van der Waals surface area contributed by atoms with Gasteiger partial charge in [-0.05, 0) is 56.2 Å². The minimum atomic E-state index is -4.69. The van der Waals surface area contributed by atoms with E-state index in [1.165, 1.54) is 50.3 Å². The van der Waals surface area contributed by atoms with Crippen LogP contribution in [-0.2, 0) is 0 Å². The average Bonchev–Trinajstić information content (AvgIpc) is 2.88. The Bertz CT molecular complexity index is 1500. The molecule has 0 bridgehead atoms. The van der Waals surface area contributed by atoms with Crippen LogP contribution in [0, 0.1) is 31.0 Å². The molecule has 5 nitrogen and oxygen atoms in total. The number of hydrogen-bond acceptors (Lipinski definition) is 4. The summed E-state index contributed by atoms with van der Waals surface area (Å²) in [4.78, 5) is 0. The van der Waals surface area contributed by atoms with Crippen molar-refractivity contribution >= 4 is 0 Å². The number of hydrogen-bond donors (Lipinski definition) is 1. The number of rotatable bonds is 4. The fourth-order valence-corrected chi connectivity index (χ4v) is 4.32. The maximum Gasteiger partial charge on any atom is 0.219 e. The Morgan fingerprint density at radius 2 is 1.00 bits per heavy atom. The molecule has 1 heterocycles. The molecule has 5 aromatic rings. The maximum atomic E-state index is 8.60. The zero-order valence-electron chi connectivity index (χ0n) is 21.5. The van der Waals surface area contributed by atoms with Gasteiger partial charge in [-0.3, -0.25) is 0 Å². The van der Waals surface area contributed by atoms with E-state index in [0.717, 1.165) is 5.69 Å². The molecule has 6 heteroatoms. The van der Waals surface area contributed by atoms with Gasteiger partial charge in [0.25, 0.3) is 0 Å². The first-order chi connectivity index (χ1) is 18.1. The second-order valence-electron chi connectivity index (χ2n) is 9.18. The Kier molecular flexibility index (Phi) is 8.37. The lowest BCUT2D eigenvalue weighted by Crippen LogP contribution is -2.58. The molecule has 0 atom stereocenters. The van der Waals surface area contributed by atoms with Crippen molar-refractivity contribution in [2.45, 2.75) is 20.8 Å². The minimum absolute atomic E-state index is 1.15. The van der Waals surface area contributed by atoms with Crippen LogP contribution in [0.1, 0.15) is 16.7 Å². The summed E-state index contributed by atoms with van der Waals surface area (Å²) in [5.74, 6) is 0. The third-order valence-corrected chi connectivity index (χ3v) is 6.13. The topological polar surface area (TPSA) is 93.3 Å². The van der Waals surface area contributed by atoms with Gasteiger partial charge in [0.2, 0.25) is 17.1 Å². The van der Waals surface area contributed by atoms with E-state index in [1.54, 1.807) is 0 Å². The maximum absolute atomic E-state index is 8.60. The van der Waals surface area contributed by atoms with Gasteiger partial charge in [-0.2, -0.15) is 18.5 Å². The first-order valence-corrected chi connectivity index (χ1v) is 13.3. The fraction of sp³-hybridized carbons (Fsp3) is 0.0938. The van der Waals surface area contributed by atoms with Gasteiger partial charge in [0.05, 0.1) is 14.9 Å². The third-order valence-electron chi connectivity index (χ3n) is 6.13. The average molecular weight is 527 g/mol. The third kappa shape index (κ3) is 7.13. The van der Waals surface area contributed by atoms with Crippen LogP contribution in [0.2, 0.25) is 0 Å². The second-order valence-corrected chi connectivity index (χ2v) is 9.97.